The standard InChI is InChI=1S/C26H42N4O2/c1-27-26(30-16-12-24(13-17-30)32-21-25-11-5-8-18-31-25)28-19-22-9-3-4-10-23(22)20-29-14-6-2-7-15-29/h3-4,9-10,24-25H,2,5-8,11-21H2,1H3,(H,27,28). The number of piperidine rings is 2. The molecule has 0 amide bonds. The van der Waals surface area contributed by atoms with Gasteiger partial charge in [-0.15, -0.1) is 0 Å². The van der Waals surface area contributed by atoms with Crippen LogP contribution in [0.2, 0.25) is 0 Å². The Bertz CT molecular complexity index is 706. The van der Waals surface area contributed by atoms with Gasteiger partial charge in [0.1, 0.15) is 0 Å². The molecular weight excluding hydrogens is 400 g/mol. The summed E-state index contributed by atoms with van der Waals surface area (Å²) >= 11 is 0. The van der Waals surface area contributed by atoms with Crippen LogP contribution in [0.15, 0.2) is 29.3 Å². The first-order chi connectivity index (χ1) is 15.8. The van der Waals surface area contributed by atoms with E-state index >= 15 is 0 Å². The van der Waals surface area contributed by atoms with Gasteiger partial charge in [-0.1, -0.05) is 30.7 Å². The number of nitrogens with zero attached hydrogens (tertiary/aromatic N) is 3. The summed E-state index contributed by atoms with van der Waals surface area (Å²) in [5.74, 6) is 1.01. The Hall–Kier alpha value is -1.63. The van der Waals surface area contributed by atoms with E-state index < -0.39 is 0 Å². The van der Waals surface area contributed by atoms with Gasteiger partial charge in [-0.2, -0.15) is 0 Å². The summed E-state index contributed by atoms with van der Waals surface area (Å²) in [7, 11) is 1.89. The van der Waals surface area contributed by atoms with Crippen molar-refractivity contribution >= 4 is 5.96 Å². The van der Waals surface area contributed by atoms with Crippen LogP contribution in [0.25, 0.3) is 0 Å². The number of rotatable bonds is 7. The molecule has 1 unspecified atom stereocenters. The van der Waals surface area contributed by atoms with Crippen LogP contribution in [0.1, 0.15) is 62.5 Å². The molecular formula is C26H42N4O2. The minimum atomic E-state index is 0.307. The highest BCUT2D eigenvalue weighted by Gasteiger charge is 2.24. The van der Waals surface area contributed by atoms with Gasteiger partial charge in [-0.05, 0) is 69.2 Å². The number of likely N-dealkylation sites (tertiary alicyclic amines) is 2. The number of guanidine groups is 1. The van der Waals surface area contributed by atoms with Crippen LogP contribution in [0.5, 0.6) is 0 Å². The first-order valence-corrected chi connectivity index (χ1v) is 12.8. The van der Waals surface area contributed by atoms with Crippen molar-refractivity contribution in [3.05, 3.63) is 35.4 Å². The Morgan fingerprint density at radius 3 is 2.50 bits per heavy atom. The molecule has 1 aromatic rings. The molecule has 1 N–H and O–H groups in total. The van der Waals surface area contributed by atoms with E-state index in [4.69, 9.17) is 9.47 Å². The second-order valence-corrected chi connectivity index (χ2v) is 9.51. The SMILES string of the molecule is CN=C(NCc1ccccc1CN1CCCCC1)N1CCC(OCC2CCCCO2)CC1. The van der Waals surface area contributed by atoms with Crippen LogP contribution >= 0.6 is 0 Å². The van der Waals surface area contributed by atoms with Crippen molar-refractivity contribution in [3.63, 3.8) is 0 Å². The third-order valence-corrected chi connectivity index (χ3v) is 7.14. The minimum Gasteiger partial charge on any atom is -0.376 e. The fraction of sp³-hybridized carbons (Fsp3) is 0.731. The molecule has 1 aromatic carbocycles. The van der Waals surface area contributed by atoms with Crippen LogP contribution < -0.4 is 5.32 Å². The molecule has 3 fully saturated rings. The lowest BCUT2D eigenvalue weighted by atomic mass is 10.0. The van der Waals surface area contributed by atoms with Crippen molar-refractivity contribution in [1.29, 1.82) is 0 Å². The van der Waals surface area contributed by atoms with E-state index in [0.717, 1.165) is 64.6 Å². The van der Waals surface area contributed by atoms with E-state index in [9.17, 15) is 0 Å². The lowest BCUT2D eigenvalue weighted by molar-refractivity contribution is -0.0721. The third-order valence-electron chi connectivity index (χ3n) is 7.14. The van der Waals surface area contributed by atoms with Gasteiger partial charge >= 0.3 is 0 Å². The molecule has 3 aliphatic rings. The first-order valence-electron chi connectivity index (χ1n) is 12.8. The maximum atomic E-state index is 6.18. The summed E-state index contributed by atoms with van der Waals surface area (Å²) in [6.07, 6.45) is 10.4. The van der Waals surface area contributed by atoms with Gasteiger partial charge in [0.15, 0.2) is 5.96 Å². The van der Waals surface area contributed by atoms with Gasteiger partial charge < -0.3 is 19.7 Å². The van der Waals surface area contributed by atoms with Crippen LogP contribution in [0.4, 0.5) is 0 Å². The van der Waals surface area contributed by atoms with E-state index in [1.165, 1.54) is 56.3 Å². The molecule has 4 rings (SSSR count). The van der Waals surface area contributed by atoms with Crippen LogP contribution in [0, 0.1) is 0 Å². The van der Waals surface area contributed by atoms with Gasteiger partial charge in [0.05, 0.1) is 18.8 Å². The van der Waals surface area contributed by atoms with Crippen LogP contribution in [-0.2, 0) is 22.6 Å². The molecule has 3 aliphatic heterocycles. The molecule has 32 heavy (non-hydrogen) atoms. The Labute approximate surface area is 194 Å². The molecule has 0 aliphatic carbocycles. The Kier molecular flexibility index (Phi) is 9.24. The summed E-state index contributed by atoms with van der Waals surface area (Å²) in [6, 6.07) is 8.86. The zero-order valence-electron chi connectivity index (χ0n) is 19.9. The number of hydrogen-bond donors (Lipinski definition) is 1. The highest BCUT2D eigenvalue weighted by Crippen LogP contribution is 2.19. The minimum absolute atomic E-state index is 0.307. The highest BCUT2D eigenvalue weighted by atomic mass is 16.5. The molecule has 3 saturated heterocycles. The predicted octanol–water partition coefficient (Wildman–Crippen LogP) is 3.80. The van der Waals surface area contributed by atoms with E-state index in [-0.39, 0.29) is 0 Å². The average Bonchev–Trinajstić information content (AvgIpc) is 2.86. The van der Waals surface area contributed by atoms with E-state index in [1.807, 2.05) is 7.05 Å². The maximum absolute atomic E-state index is 6.18. The number of ether oxygens (including phenoxy) is 2. The second-order valence-electron chi connectivity index (χ2n) is 9.51. The Morgan fingerprint density at radius 1 is 1.00 bits per heavy atom. The fourth-order valence-corrected chi connectivity index (χ4v) is 5.17. The molecule has 0 aromatic heterocycles. The van der Waals surface area contributed by atoms with Gasteiger partial charge in [0.2, 0.25) is 0 Å². The number of nitrogens with one attached hydrogen (secondary N) is 1. The smallest absolute Gasteiger partial charge is 0.193 e. The molecule has 6 nitrogen and oxygen atoms in total. The largest absolute Gasteiger partial charge is 0.376 e. The topological polar surface area (TPSA) is 49.3 Å². The van der Waals surface area contributed by atoms with Crippen molar-refractivity contribution < 1.29 is 9.47 Å². The summed E-state index contributed by atoms with van der Waals surface area (Å²) in [4.78, 5) is 9.55. The van der Waals surface area contributed by atoms with E-state index in [0.29, 0.717) is 12.2 Å². The van der Waals surface area contributed by atoms with E-state index in [1.54, 1.807) is 0 Å². The van der Waals surface area contributed by atoms with Crippen molar-refractivity contribution in [2.75, 3.05) is 46.4 Å². The maximum Gasteiger partial charge on any atom is 0.193 e. The molecule has 0 spiro atoms. The molecule has 1 atom stereocenters. The molecule has 0 bridgehead atoms. The second kappa shape index (κ2) is 12.6. The highest BCUT2D eigenvalue weighted by molar-refractivity contribution is 5.80. The fourth-order valence-electron chi connectivity index (χ4n) is 5.17. The molecule has 6 heteroatoms. The first kappa shape index (κ1) is 23.5. The van der Waals surface area contributed by atoms with Crippen molar-refractivity contribution in [2.45, 2.75) is 76.7 Å². The Morgan fingerprint density at radius 2 is 1.78 bits per heavy atom. The van der Waals surface area contributed by atoms with Crippen molar-refractivity contribution in [3.8, 4) is 0 Å². The third kappa shape index (κ3) is 6.93. The number of hydrogen-bond acceptors (Lipinski definition) is 4. The molecule has 3 heterocycles. The number of aliphatic imine (C=N–C) groups is 1. The monoisotopic (exact) mass is 442 g/mol. The van der Waals surface area contributed by atoms with Gasteiger partial charge in [0, 0.05) is 39.8 Å². The van der Waals surface area contributed by atoms with Crippen molar-refractivity contribution in [1.82, 2.24) is 15.1 Å². The van der Waals surface area contributed by atoms with E-state index in [2.05, 4.69) is 44.4 Å². The molecule has 0 radical (unpaired) electrons. The summed E-state index contributed by atoms with van der Waals surface area (Å²) in [6.45, 7) is 7.98. The summed E-state index contributed by atoms with van der Waals surface area (Å²) in [5.41, 5.74) is 2.82. The van der Waals surface area contributed by atoms with Gasteiger partial charge in [-0.25, -0.2) is 0 Å². The van der Waals surface area contributed by atoms with Crippen molar-refractivity contribution in [2.24, 2.45) is 4.99 Å². The normalized spacial score (nSPS) is 24.0. The Balaban J connectivity index is 1.22. The molecule has 178 valence electrons. The van der Waals surface area contributed by atoms with Gasteiger partial charge in [-0.3, -0.25) is 9.89 Å². The van der Waals surface area contributed by atoms with Gasteiger partial charge in [0.25, 0.3) is 0 Å². The summed E-state index contributed by atoms with van der Waals surface area (Å²) in [5, 5.41) is 3.63. The quantitative estimate of drug-likeness (QED) is 0.514. The zero-order valence-corrected chi connectivity index (χ0v) is 19.9. The lowest BCUT2D eigenvalue weighted by Crippen LogP contribution is -2.47. The summed E-state index contributed by atoms with van der Waals surface area (Å²) < 4.78 is 12.0. The predicted molar refractivity (Wildman–Crippen MR) is 130 cm³/mol. The lowest BCUT2D eigenvalue weighted by Gasteiger charge is -2.35. The number of benzene rings is 1. The zero-order chi connectivity index (χ0) is 22.0. The van der Waals surface area contributed by atoms with Crippen LogP contribution in [0.3, 0.4) is 0 Å². The molecule has 0 saturated carbocycles. The average molecular weight is 443 g/mol. The van der Waals surface area contributed by atoms with Crippen LogP contribution in [-0.4, -0.2) is 74.4 Å².